The van der Waals surface area contributed by atoms with Gasteiger partial charge in [-0.15, -0.1) is 0 Å². The Kier molecular flexibility index (Phi) is 7.05. The van der Waals surface area contributed by atoms with E-state index in [-0.39, 0.29) is 54.6 Å². The summed E-state index contributed by atoms with van der Waals surface area (Å²) in [5.41, 5.74) is -1.85. The largest absolute Gasteiger partial charge is 2.00 e. The maximum atomic E-state index is 14.4. The topological polar surface area (TPSA) is 46.5 Å². The number of rotatable bonds is 5. The molecule has 3 nitrogen and oxygen atoms in total. The second-order valence-corrected chi connectivity index (χ2v) is 5.96. The molecule has 1 N–H and O–H groups in total. The van der Waals surface area contributed by atoms with Crippen LogP contribution in [0.1, 0.15) is 25.0 Å². The number of hydrogen-bond acceptors (Lipinski definition) is 2. The fourth-order valence-electron chi connectivity index (χ4n) is 1.90. The summed E-state index contributed by atoms with van der Waals surface area (Å²) in [6, 6.07) is 10.4. The molecular formula is C17H15CaClF2O3+2. The number of carboxylic acid groups (broad SMARTS) is 1. The van der Waals surface area contributed by atoms with E-state index in [1.807, 2.05) is 0 Å². The van der Waals surface area contributed by atoms with Gasteiger partial charge in [-0.3, -0.25) is 0 Å². The Labute approximate surface area is 173 Å². The van der Waals surface area contributed by atoms with Crippen LogP contribution in [0, 0.1) is 0 Å². The Morgan fingerprint density at radius 2 is 1.42 bits per heavy atom. The maximum absolute atomic E-state index is 14.4. The van der Waals surface area contributed by atoms with Crippen LogP contribution in [-0.2, 0) is 10.7 Å². The summed E-state index contributed by atoms with van der Waals surface area (Å²) in [6.07, 6.45) is 0. The smallest absolute Gasteiger partial charge is 0.478 e. The van der Waals surface area contributed by atoms with Crippen molar-refractivity contribution in [2.24, 2.45) is 0 Å². The molecule has 0 saturated heterocycles. The van der Waals surface area contributed by atoms with Crippen molar-refractivity contribution < 1.29 is 23.4 Å². The molecule has 0 amide bonds. The van der Waals surface area contributed by atoms with Crippen molar-refractivity contribution in [1.82, 2.24) is 0 Å². The van der Waals surface area contributed by atoms with Crippen LogP contribution in [0.4, 0.5) is 8.78 Å². The normalized spacial score (nSPS) is 11.5. The van der Waals surface area contributed by atoms with E-state index in [9.17, 15) is 13.6 Å². The van der Waals surface area contributed by atoms with E-state index < -0.39 is 17.5 Å². The van der Waals surface area contributed by atoms with Crippen LogP contribution in [0.5, 0.6) is 5.75 Å². The van der Waals surface area contributed by atoms with Crippen LogP contribution in [0.2, 0.25) is 5.02 Å². The van der Waals surface area contributed by atoms with Gasteiger partial charge in [-0.1, -0.05) is 23.7 Å². The second kappa shape index (κ2) is 8.00. The Morgan fingerprint density at radius 1 is 1.00 bits per heavy atom. The minimum absolute atomic E-state index is 0. The molecule has 0 aromatic heterocycles. The Hall–Kier alpha value is -0.880. The number of carboxylic acids is 1. The van der Waals surface area contributed by atoms with Crippen molar-refractivity contribution in [1.29, 1.82) is 0 Å². The summed E-state index contributed by atoms with van der Waals surface area (Å²) in [4.78, 5) is 11.0. The van der Waals surface area contributed by atoms with Crippen LogP contribution in [0.3, 0.4) is 0 Å². The molecule has 24 heavy (non-hydrogen) atoms. The van der Waals surface area contributed by atoms with Crippen LogP contribution in [-0.4, -0.2) is 54.4 Å². The van der Waals surface area contributed by atoms with Gasteiger partial charge in [0, 0.05) is 16.1 Å². The molecule has 0 spiro atoms. The molecule has 2 aromatic carbocycles. The summed E-state index contributed by atoms with van der Waals surface area (Å²) in [6.45, 7) is 2.76. The van der Waals surface area contributed by atoms with Gasteiger partial charge in [-0.2, -0.15) is 8.78 Å². The second-order valence-electron chi connectivity index (χ2n) is 5.52. The predicted molar refractivity (Wildman–Crippen MR) is 89.0 cm³/mol. The van der Waals surface area contributed by atoms with Gasteiger partial charge in [-0.05, 0) is 50.2 Å². The summed E-state index contributed by atoms with van der Waals surface area (Å²) < 4.78 is 34.2. The van der Waals surface area contributed by atoms with Crippen LogP contribution >= 0.6 is 11.6 Å². The molecule has 122 valence electrons. The molecule has 0 radical (unpaired) electrons. The van der Waals surface area contributed by atoms with Gasteiger partial charge in [-0.25, -0.2) is 4.79 Å². The first kappa shape index (κ1) is 21.2. The van der Waals surface area contributed by atoms with E-state index in [1.54, 1.807) is 0 Å². The monoisotopic (exact) mass is 380 g/mol. The van der Waals surface area contributed by atoms with Gasteiger partial charge in [0.05, 0.1) is 0 Å². The van der Waals surface area contributed by atoms with Gasteiger partial charge < -0.3 is 9.84 Å². The molecule has 7 heteroatoms. The molecule has 2 aromatic rings. The van der Waals surface area contributed by atoms with E-state index in [4.69, 9.17) is 21.4 Å². The zero-order valence-corrected chi connectivity index (χ0v) is 16.2. The average Bonchev–Trinajstić information content (AvgIpc) is 2.47. The molecule has 0 bridgehead atoms. The molecule has 0 unspecified atom stereocenters. The molecule has 0 aliphatic rings. The van der Waals surface area contributed by atoms with Gasteiger partial charge in [0.15, 0.2) is 5.60 Å². The Bertz CT molecular complexity index is 701. The molecule has 0 heterocycles. The van der Waals surface area contributed by atoms with E-state index in [0.29, 0.717) is 5.02 Å². The number of ether oxygens (including phenoxy) is 1. The SMILES string of the molecule is CC(C)(Oc1ccc(C(F)(F)c2ccc(Cl)cc2)cc1)C(=O)O.[Ca+2]. The third-order valence-corrected chi connectivity index (χ3v) is 3.56. The number of alkyl halides is 2. The first-order valence-electron chi connectivity index (χ1n) is 6.80. The number of benzene rings is 2. The number of halogens is 3. The summed E-state index contributed by atoms with van der Waals surface area (Å²) in [5, 5.41) is 9.38. The van der Waals surface area contributed by atoms with Crippen molar-refractivity contribution in [3.8, 4) is 5.75 Å². The van der Waals surface area contributed by atoms with Gasteiger partial charge in [0.25, 0.3) is 5.92 Å². The van der Waals surface area contributed by atoms with Gasteiger partial charge >= 0.3 is 43.7 Å². The van der Waals surface area contributed by atoms with E-state index in [0.717, 1.165) is 0 Å². The molecule has 0 saturated carbocycles. The van der Waals surface area contributed by atoms with E-state index in [2.05, 4.69) is 0 Å². The molecular weight excluding hydrogens is 366 g/mol. The average molecular weight is 381 g/mol. The van der Waals surface area contributed by atoms with E-state index in [1.165, 1.54) is 62.4 Å². The van der Waals surface area contributed by atoms with Crippen molar-refractivity contribution in [3.05, 3.63) is 64.7 Å². The summed E-state index contributed by atoms with van der Waals surface area (Å²) in [5.74, 6) is -4.13. The number of hydrogen-bond donors (Lipinski definition) is 1. The van der Waals surface area contributed by atoms with Crippen LogP contribution < -0.4 is 4.74 Å². The first-order chi connectivity index (χ1) is 10.6. The Balaban J connectivity index is 0.00000288. The predicted octanol–water partition coefficient (Wildman–Crippen LogP) is 4.34. The molecule has 0 aliphatic carbocycles. The Morgan fingerprint density at radius 3 is 1.83 bits per heavy atom. The molecule has 0 atom stereocenters. The standard InChI is InChI=1S/C17H15ClF2O3.Ca/c1-16(2,15(21)22)23-14-9-5-12(6-10-14)17(19,20)11-3-7-13(18)8-4-11;/h3-10H,1-2H3,(H,21,22);/q;+2. The summed E-state index contributed by atoms with van der Waals surface area (Å²) >= 11 is 5.71. The fourth-order valence-corrected chi connectivity index (χ4v) is 2.02. The van der Waals surface area contributed by atoms with Crippen LogP contribution in [0.25, 0.3) is 0 Å². The van der Waals surface area contributed by atoms with Gasteiger partial charge in [0.2, 0.25) is 0 Å². The zero-order valence-electron chi connectivity index (χ0n) is 13.2. The molecule has 0 aliphatic heterocycles. The third kappa shape index (κ3) is 4.82. The van der Waals surface area contributed by atoms with Crippen molar-refractivity contribution in [2.75, 3.05) is 0 Å². The van der Waals surface area contributed by atoms with E-state index >= 15 is 0 Å². The minimum Gasteiger partial charge on any atom is -0.478 e. The van der Waals surface area contributed by atoms with Crippen LogP contribution in [0.15, 0.2) is 48.5 Å². The molecule has 0 fully saturated rings. The quantitative estimate of drug-likeness (QED) is 0.785. The zero-order chi connectivity index (χ0) is 17.3. The van der Waals surface area contributed by atoms with Crippen molar-refractivity contribution >= 4 is 55.3 Å². The third-order valence-electron chi connectivity index (χ3n) is 3.31. The fraction of sp³-hybridized carbons (Fsp3) is 0.235. The van der Waals surface area contributed by atoms with Crippen molar-refractivity contribution in [2.45, 2.75) is 25.4 Å². The van der Waals surface area contributed by atoms with Gasteiger partial charge in [0.1, 0.15) is 5.75 Å². The van der Waals surface area contributed by atoms with Crippen molar-refractivity contribution in [3.63, 3.8) is 0 Å². The molecule has 2 rings (SSSR count). The first-order valence-corrected chi connectivity index (χ1v) is 7.17. The maximum Gasteiger partial charge on any atom is 2.00 e. The minimum atomic E-state index is -3.19. The summed E-state index contributed by atoms with van der Waals surface area (Å²) in [7, 11) is 0. The number of aliphatic carboxylic acids is 1. The number of carbonyl (C=O) groups is 1.